The normalized spacial score (nSPS) is 17.4. The number of thioether (sulfide) groups is 2. The van der Waals surface area contributed by atoms with E-state index in [0.29, 0.717) is 47.4 Å². The zero-order chi connectivity index (χ0) is 28.1. The van der Waals surface area contributed by atoms with E-state index in [1.807, 2.05) is 73.5 Å². The summed E-state index contributed by atoms with van der Waals surface area (Å²) in [4.78, 5) is 24.3. The van der Waals surface area contributed by atoms with E-state index in [9.17, 15) is 10.1 Å². The summed E-state index contributed by atoms with van der Waals surface area (Å²) in [6.45, 7) is 3.59. The van der Waals surface area contributed by atoms with Gasteiger partial charge in [-0.15, -0.1) is 0 Å². The number of anilines is 2. The molecule has 0 unspecified atom stereocenters. The third-order valence-electron chi connectivity index (χ3n) is 6.33. The Labute approximate surface area is 242 Å². The van der Waals surface area contributed by atoms with E-state index < -0.39 is 0 Å². The van der Waals surface area contributed by atoms with Crippen LogP contribution in [-0.4, -0.2) is 47.9 Å². The van der Waals surface area contributed by atoms with Crippen LogP contribution in [0.4, 0.5) is 17.1 Å². The van der Waals surface area contributed by atoms with Crippen molar-refractivity contribution in [1.29, 1.82) is 5.26 Å². The zero-order valence-electron chi connectivity index (χ0n) is 22.3. The van der Waals surface area contributed by atoms with E-state index in [-0.39, 0.29) is 12.5 Å². The molecule has 0 spiro atoms. The highest BCUT2D eigenvalue weighted by Gasteiger charge is 2.39. The summed E-state index contributed by atoms with van der Waals surface area (Å²) in [5.74, 6) is 0.605. The molecular formula is C30H29N5O3S2. The van der Waals surface area contributed by atoms with Crippen molar-refractivity contribution >= 4 is 51.7 Å². The lowest BCUT2D eigenvalue weighted by Crippen LogP contribution is -2.29. The van der Waals surface area contributed by atoms with E-state index in [2.05, 4.69) is 11.4 Å². The molecule has 3 aromatic carbocycles. The molecule has 0 bridgehead atoms. The third-order valence-corrected chi connectivity index (χ3v) is 8.76. The summed E-state index contributed by atoms with van der Waals surface area (Å²) in [5.41, 5.74) is 3.87. The second-order valence-electron chi connectivity index (χ2n) is 9.10. The van der Waals surface area contributed by atoms with E-state index in [1.165, 1.54) is 11.8 Å². The van der Waals surface area contributed by atoms with Crippen molar-refractivity contribution in [3.05, 3.63) is 87.8 Å². The number of fused-ring (bicyclic) bond motifs is 1. The quantitative estimate of drug-likeness (QED) is 0.241. The second kappa shape index (κ2) is 12.5. The molecule has 40 heavy (non-hydrogen) atoms. The molecule has 2 aliphatic heterocycles. The number of aliphatic hydroxyl groups is 1. The first-order valence-corrected chi connectivity index (χ1v) is 14.6. The Bertz CT molecular complexity index is 1520. The first-order chi connectivity index (χ1) is 19.5. The summed E-state index contributed by atoms with van der Waals surface area (Å²) in [7, 11) is 1.95. The molecule has 0 atom stereocenters. The topological polar surface area (TPSA) is 101 Å². The van der Waals surface area contributed by atoms with Crippen LogP contribution in [0.1, 0.15) is 24.5 Å². The van der Waals surface area contributed by atoms with Gasteiger partial charge >= 0.3 is 0 Å². The van der Waals surface area contributed by atoms with Crippen LogP contribution in [0, 0.1) is 11.3 Å². The first kappa shape index (κ1) is 27.6. The van der Waals surface area contributed by atoms with Gasteiger partial charge in [0, 0.05) is 37.6 Å². The molecule has 1 fully saturated rings. The summed E-state index contributed by atoms with van der Waals surface area (Å²) in [6.07, 6.45) is 0.564. The minimum absolute atomic E-state index is 0.0798. The lowest BCUT2D eigenvalue weighted by molar-refractivity contribution is -0.122. The van der Waals surface area contributed by atoms with Gasteiger partial charge < -0.3 is 20.1 Å². The van der Waals surface area contributed by atoms with Gasteiger partial charge in [0.05, 0.1) is 46.9 Å². The number of benzene rings is 3. The number of hydrogen-bond acceptors (Lipinski definition) is 9. The first-order valence-electron chi connectivity index (χ1n) is 13.0. The third kappa shape index (κ3) is 5.82. The molecule has 5 rings (SSSR count). The molecule has 10 heteroatoms. The number of nitriles is 1. The fourth-order valence-corrected chi connectivity index (χ4v) is 6.65. The van der Waals surface area contributed by atoms with Crippen LogP contribution in [0.5, 0.6) is 5.75 Å². The van der Waals surface area contributed by atoms with Crippen molar-refractivity contribution in [3.8, 4) is 11.8 Å². The van der Waals surface area contributed by atoms with Gasteiger partial charge in [0.25, 0.3) is 5.91 Å². The standard InChI is InChI=1S/C30H29N5O3S2/c1-3-32-23-12-10-21(18-31)16-24(23)33-30-35(19-20-8-5-4-6-9-20)28(37)27(40-30)29-34(2)25-17-22(38-15-7-14-36)11-13-26(25)39-29/h4-6,8-13,16-17,32,36H,3,7,14-15,19H2,1-2H3/b29-27-,33-30?. The van der Waals surface area contributed by atoms with Gasteiger partial charge in [-0.1, -0.05) is 42.1 Å². The minimum atomic E-state index is -0.115. The summed E-state index contributed by atoms with van der Waals surface area (Å²) >= 11 is 2.90. The van der Waals surface area contributed by atoms with Crippen molar-refractivity contribution in [1.82, 2.24) is 4.90 Å². The maximum absolute atomic E-state index is 14.0. The molecule has 1 saturated heterocycles. The van der Waals surface area contributed by atoms with Gasteiger partial charge in [-0.2, -0.15) is 5.26 Å². The summed E-state index contributed by atoms with van der Waals surface area (Å²) in [6, 6.07) is 23.2. The highest BCUT2D eigenvalue weighted by molar-refractivity contribution is 8.19. The number of amidine groups is 1. The zero-order valence-corrected chi connectivity index (χ0v) is 23.9. The largest absolute Gasteiger partial charge is 0.493 e. The molecule has 8 nitrogen and oxygen atoms in total. The number of nitrogens with zero attached hydrogens (tertiary/aromatic N) is 4. The van der Waals surface area contributed by atoms with Crippen LogP contribution in [0.15, 0.2) is 86.6 Å². The highest BCUT2D eigenvalue weighted by Crippen LogP contribution is 2.51. The smallest absolute Gasteiger partial charge is 0.269 e. The Hall–Kier alpha value is -3.91. The van der Waals surface area contributed by atoms with E-state index >= 15 is 0 Å². The van der Waals surface area contributed by atoms with E-state index in [0.717, 1.165) is 32.6 Å². The van der Waals surface area contributed by atoms with Crippen molar-refractivity contribution in [3.63, 3.8) is 0 Å². The molecule has 0 aliphatic carbocycles. The average molecular weight is 572 g/mol. The number of carbonyl (C=O) groups excluding carboxylic acids is 1. The van der Waals surface area contributed by atoms with Gasteiger partial charge in [0.2, 0.25) is 0 Å². The molecule has 2 heterocycles. The van der Waals surface area contributed by atoms with Gasteiger partial charge in [-0.3, -0.25) is 9.69 Å². The second-order valence-corrected chi connectivity index (χ2v) is 11.1. The van der Waals surface area contributed by atoms with Crippen molar-refractivity contribution in [2.75, 3.05) is 37.0 Å². The summed E-state index contributed by atoms with van der Waals surface area (Å²) in [5, 5.41) is 23.2. The van der Waals surface area contributed by atoms with Crippen molar-refractivity contribution < 1.29 is 14.6 Å². The highest BCUT2D eigenvalue weighted by atomic mass is 32.2. The molecule has 0 aromatic heterocycles. The Morgan fingerprint density at radius 1 is 1.10 bits per heavy atom. The average Bonchev–Trinajstić information content (AvgIpc) is 3.45. The van der Waals surface area contributed by atoms with Crippen LogP contribution in [0.2, 0.25) is 0 Å². The molecule has 0 radical (unpaired) electrons. The van der Waals surface area contributed by atoms with E-state index in [4.69, 9.17) is 14.8 Å². The number of carbonyl (C=O) groups is 1. The van der Waals surface area contributed by atoms with Crippen LogP contribution in [0.25, 0.3) is 0 Å². The predicted octanol–water partition coefficient (Wildman–Crippen LogP) is 5.93. The Balaban J connectivity index is 1.53. The van der Waals surface area contributed by atoms with Crippen LogP contribution < -0.4 is 15.0 Å². The number of amides is 1. The molecule has 2 aliphatic rings. The monoisotopic (exact) mass is 571 g/mol. The van der Waals surface area contributed by atoms with Crippen LogP contribution >= 0.6 is 23.5 Å². The number of aliphatic imine (C=N–C) groups is 1. The maximum Gasteiger partial charge on any atom is 0.269 e. The SMILES string of the molecule is CCNc1ccc(C#N)cc1N=C1S/C(=C2\Sc3ccc(OCCCO)cc3N2C)C(=O)N1Cc1ccccc1. The fourth-order valence-electron chi connectivity index (χ4n) is 4.33. The Morgan fingerprint density at radius 2 is 1.93 bits per heavy atom. The van der Waals surface area contributed by atoms with Gasteiger partial charge in [-0.05, 0) is 54.6 Å². The Morgan fingerprint density at radius 3 is 2.67 bits per heavy atom. The van der Waals surface area contributed by atoms with Gasteiger partial charge in [0.1, 0.15) is 10.7 Å². The van der Waals surface area contributed by atoms with Crippen LogP contribution in [0.3, 0.4) is 0 Å². The number of hydrogen-bond donors (Lipinski definition) is 2. The van der Waals surface area contributed by atoms with Gasteiger partial charge in [-0.25, -0.2) is 4.99 Å². The predicted molar refractivity (Wildman–Crippen MR) is 162 cm³/mol. The van der Waals surface area contributed by atoms with Crippen LogP contribution in [-0.2, 0) is 11.3 Å². The molecule has 2 N–H and O–H groups in total. The molecule has 204 valence electrons. The fraction of sp³-hybridized carbons (Fsp3) is 0.233. The van der Waals surface area contributed by atoms with E-state index in [1.54, 1.807) is 28.8 Å². The summed E-state index contributed by atoms with van der Waals surface area (Å²) < 4.78 is 5.78. The number of aliphatic hydroxyl groups excluding tert-OH is 1. The molecule has 3 aromatic rings. The van der Waals surface area contributed by atoms with Crippen molar-refractivity contribution in [2.24, 2.45) is 4.99 Å². The lowest BCUT2D eigenvalue weighted by atomic mass is 10.2. The number of ether oxygens (including phenoxy) is 1. The number of nitrogens with one attached hydrogen (secondary N) is 1. The number of rotatable bonds is 9. The molecule has 0 saturated carbocycles. The Kier molecular flexibility index (Phi) is 8.65. The van der Waals surface area contributed by atoms with Crippen molar-refractivity contribution in [2.45, 2.75) is 24.8 Å². The van der Waals surface area contributed by atoms with Gasteiger partial charge in [0.15, 0.2) is 5.17 Å². The molecular weight excluding hydrogens is 542 g/mol. The lowest BCUT2D eigenvalue weighted by Gasteiger charge is -2.17. The minimum Gasteiger partial charge on any atom is -0.493 e. The maximum atomic E-state index is 14.0. The molecule has 1 amide bonds.